The van der Waals surface area contributed by atoms with E-state index in [4.69, 9.17) is 4.74 Å². The zero-order valence-electron chi connectivity index (χ0n) is 16.7. The number of hydrogen-bond donors (Lipinski definition) is 2. The Labute approximate surface area is 165 Å². The van der Waals surface area contributed by atoms with Crippen molar-refractivity contribution in [3.63, 3.8) is 0 Å². The van der Waals surface area contributed by atoms with Gasteiger partial charge in [0.25, 0.3) is 5.91 Å². The van der Waals surface area contributed by atoms with Gasteiger partial charge in [-0.25, -0.2) is 4.79 Å². The van der Waals surface area contributed by atoms with Gasteiger partial charge >= 0.3 is 5.97 Å². The van der Waals surface area contributed by atoms with E-state index in [2.05, 4.69) is 5.32 Å². The number of benzene rings is 1. The normalized spacial score (nSPS) is 26.0. The zero-order valence-corrected chi connectivity index (χ0v) is 16.7. The average Bonchev–Trinajstić information content (AvgIpc) is 3.05. The Bertz CT molecular complexity index is 774. The number of carbonyl (C=O) groups is 3. The summed E-state index contributed by atoms with van der Waals surface area (Å²) in [6.07, 6.45) is 1.50. The summed E-state index contributed by atoms with van der Waals surface area (Å²) >= 11 is 0. The molecule has 7 heteroatoms. The average molecular weight is 388 g/mol. The van der Waals surface area contributed by atoms with E-state index in [0.717, 1.165) is 18.5 Å². The smallest absolute Gasteiger partial charge is 0.330 e. The molecule has 28 heavy (non-hydrogen) atoms. The van der Waals surface area contributed by atoms with Gasteiger partial charge in [-0.05, 0) is 31.0 Å². The molecule has 0 aromatic heterocycles. The largest absolute Gasteiger partial charge is 0.479 e. The van der Waals surface area contributed by atoms with Crippen LogP contribution in [0.25, 0.3) is 0 Å². The van der Waals surface area contributed by atoms with Crippen LogP contribution in [0.5, 0.6) is 0 Å². The summed E-state index contributed by atoms with van der Waals surface area (Å²) in [7, 11) is 0. The van der Waals surface area contributed by atoms with Crippen LogP contribution >= 0.6 is 0 Å². The predicted molar refractivity (Wildman–Crippen MR) is 103 cm³/mol. The Morgan fingerprint density at radius 3 is 2.46 bits per heavy atom. The number of nitrogens with zero attached hydrogens (tertiary/aromatic N) is 1. The van der Waals surface area contributed by atoms with Gasteiger partial charge in [-0.15, -0.1) is 0 Å². The van der Waals surface area contributed by atoms with Gasteiger partial charge in [-0.1, -0.05) is 26.0 Å². The van der Waals surface area contributed by atoms with Gasteiger partial charge in [0.15, 0.2) is 0 Å². The minimum Gasteiger partial charge on any atom is -0.479 e. The number of rotatable bonds is 7. The second-order valence-electron chi connectivity index (χ2n) is 8.15. The molecule has 1 saturated carbocycles. The maximum Gasteiger partial charge on any atom is 0.330 e. The lowest BCUT2D eigenvalue weighted by Gasteiger charge is -2.58. The predicted octanol–water partition coefficient (Wildman–Crippen LogP) is 2.20. The van der Waals surface area contributed by atoms with Gasteiger partial charge in [0.05, 0.1) is 6.10 Å². The third kappa shape index (κ3) is 3.39. The standard InChI is InChI=1S/C21H28N2O5/c1-4-28-16-12-21(19(26)27,20(16,2)3)22-18(25)15-9-7-14(8-10-15)13-23-11-5-6-17(23)24/h7-10,16H,4-6,11-13H2,1-3H3,(H,22,25)(H,26,27). The van der Waals surface area contributed by atoms with Crippen molar-refractivity contribution in [2.45, 2.75) is 58.2 Å². The van der Waals surface area contributed by atoms with Gasteiger partial charge in [0.1, 0.15) is 5.54 Å². The molecule has 0 bridgehead atoms. The summed E-state index contributed by atoms with van der Waals surface area (Å²) in [5.41, 5.74) is -0.738. The summed E-state index contributed by atoms with van der Waals surface area (Å²) in [4.78, 5) is 38.3. The van der Waals surface area contributed by atoms with Crippen LogP contribution in [0.15, 0.2) is 24.3 Å². The summed E-state index contributed by atoms with van der Waals surface area (Å²) in [6, 6.07) is 6.96. The molecule has 7 nitrogen and oxygen atoms in total. The number of nitrogens with one attached hydrogen (secondary N) is 1. The molecule has 0 radical (unpaired) electrons. The maximum atomic E-state index is 12.7. The monoisotopic (exact) mass is 388 g/mol. The van der Waals surface area contributed by atoms with E-state index in [-0.39, 0.29) is 18.4 Å². The number of carboxylic acid groups (broad SMARTS) is 1. The Kier molecular flexibility index (Phi) is 5.48. The van der Waals surface area contributed by atoms with Crippen LogP contribution in [0.2, 0.25) is 0 Å². The fourth-order valence-electron chi connectivity index (χ4n) is 4.16. The second-order valence-corrected chi connectivity index (χ2v) is 8.15. The van der Waals surface area contributed by atoms with E-state index in [0.29, 0.717) is 25.1 Å². The van der Waals surface area contributed by atoms with E-state index in [9.17, 15) is 19.5 Å². The number of likely N-dealkylation sites (tertiary alicyclic amines) is 1. The highest BCUT2D eigenvalue weighted by atomic mass is 16.5. The molecule has 2 unspecified atom stereocenters. The molecule has 1 aromatic rings. The molecule has 2 atom stereocenters. The Morgan fingerprint density at radius 2 is 1.96 bits per heavy atom. The summed E-state index contributed by atoms with van der Waals surface area (Å²) in [5, 5.41) is 12.6. The van der Waals surface area contributed by atoms with Gasteiger partial charge in [-0.2, -0.15) is 0 Å². The number of carbonyl (C=O) groups excluding carboxylic acids is 2. The molecule has 2 amide bonds. The molecule has 1 aliphatic carbocycles. The summed E-state index contributed by atoms with van der Waals surface area (Å²) in [6.45, 7) is 7.27. The zero-order chi connectivity index (χ0) is 20.5. The van der Waals surface area contributed by atoms with Crippen molar-refractivity contribution in [3.8, 4) is 0 Å². The molecule has 1 saturated heterocycles. The van der Waals surface area contributed by atoms with Crippen molar-refractivity contribution >= 4 is 17.8 Å². The topological polar surface area (TPSA) is 95.9 Å². The van der Waals surface area contributed by atoms with Gasteiger partial charge in [-0.3, -0.25) is 9.59 Å². The van der Waals surface area contributed by atoms with Crippen LogP contribution in [-0.4, -0.2) is 52.6 Å². The molecular weight excluding hydrogens is 360 g/mol. The van der Waals surface area contributed by atoms with Gasteiger partial charge < -0.3 is 20.1 Å². The highest BCUT2D eigenvalue weighted by Crippen LogP contribution is 2.51. The SMILES string of the molecule is CCOC1CC(NC(=O)c2ccc(CN3CCCC3=O)cc2)(C(=O)O)C1(C)C. The first kappa shape index (κ1) is 20.3. The molecule has 3 rings (SSSR count). The lowest BCUT2D eigenvalue weighted by molar-refractivity contribution is -0.190. The Hall–Kier alpha value is -2.41. The highest BCUT2D eigenvalue weighted by molar-refractivity contribution is 5.98. The number of carboxylic acids is 1. The van der Waals surface area contributed by atoms with E-state index >= 15 is 0 Å². The minimum absolute atomic E-state index is 0.154. The van der Waals surface area contributed by atoms with Crippen LogP contribution in [-0.2, 0) is 20.9 Å². The van der Waals surface area contributed by atoms with Crippen molar-refractivity contribution in [2.75, 3.05) is 13.2 Å². The number of aliphatic carboxylic acids is 1. The summed E-state index contributed by atoms with van der Waals surface area (Å²) in [5.74, 6) is -1.32. The maximum absolute atomic E-state index is 12.7. The molecule has 2 fully saturated rings. The molecule has 1 heterocycles. The number of hydrogen-bond acceptors (Lipinski definition) is 4. The lowest BCUT2D eigenvalue weighted by Crippen LogP contribution is -2.76. The minimum atomic E-state index is -1.36. The van der Waals surface area contributed by atoms with Crippen molar-refractivity contribution in [1.29, 1.82) is 0 Å². The Morgan fingerprint density at radius 1 is 1.29 bits per heavy atom. The summed E-state index contributed by atoms with van der Waals surface area (Å²) < 4.78 is 5.63. The van der Waals surface area contributed by atoms with Gasteiger partial charge in [0, 0.05) is 43.5 Å². The second kappa shape index (κ2) is 7.54. The number of ether oxygens (including phenoxy) is 1. The van der Waals surface area contributed by atoms with Crippen molar-refractivity contribution in [2.24, 2.45) is 5.41 Å². The van der Waals surface area contributed by atoms with E-state index in [1.165, 1.54) is 0 Å². The van der Waals surface area contributed by atoms with Crippen LogP contribution in [0, 0.1) is 5.41 Å². The van der Waals surface area contributed by atoms with Crippen LogP contribution in [0.4, 0.5) is 0 Å². The molecule has 1 aliphatic heterocycles. The van der Waals surface area contributed by atoms with E-state index < -0.39 is 22.8 Å². The lowest BCUT2D eigenvalue weighted by atomic mass is 9.54. The number of amides is 2. The molecule has 1 aromatic carbocycles. The van der Waals surface area contributed by atoms with Crippen molar-refractivity contribution in [1.82, 2.24) is 10.2 Å². The Balaban J connectivity index is 1.69. The van der Waals surface area contributed by atoms with Crippen molar-refractivity contribution < 1.29 is 24.2 Å². The third-order valence-electron chi connectivity index (χ3n) is 6.22. The fraction of sp³-hybridized carbons (Fsp3) is 0.571. The molecule has 152 valence electrons. The quantitative estimate of drug-likeness (QED) is 0.747. The molecule has 2 aliphatic rings. The van der Waals surface area contributed by atoms with Crippen molar-refractivity contribution in [3.05, 3.63) is 35.4 Å². The van der Waals surface area contributed by atoms with Crippen LogP contribution in [0.3, 0.4) is 0 Å². The highest BCUT2D eigenvalue weighted by Gasteiger charge is 2.66. The molecule has 0 spiro atoms. The molecular formula is C21H28N2O5. The van der Waals surface area contributed by atoms with E-state index in [1.807, 2.05) is 19.1 Å². The van der Waals surface area contributed by atoms with E-state index in [1.54, 1.807) is 30.9 Å². The first-order valence-corrected chi connectivity index (χ1v) is 9.75. The van der Waals surface area contributed by atoms with Crippen LogP contribution < -0.4 is 5.32 Å². The van der Waals surface area contributed by atoms with Crippen LogP contribution in [0.1, 0.15) is 56.0 Å². The first-order chi connectivity index (χ1) is 13.2. The third-order valence-corrected chi connectivity index (χ3v) is 6.22. The molecule has 2 N–H and O–H groups in total. The fourth-order valence-corrected chi connectivity index (χ4v) is 4.16. The van der Waals surface area contributed by atoms with Gasteiger partial charge in [0.2, 0.25) is 5.91 Å². The first-order valence-electron chi connectivity index (χ1n) is 9.75.